The highest BCUT2D eigenvalue weighted by Crippen LogP contribution is 2.39. The van der Waals surface area contributed by atoms with Crippen molar-refractivity contribution in [2.24, 2.45) is 5.18 Å². The first-order valence-corrected chi connectivity index (χ1v) is 7.08. The van der Waals surface area contributed by atoms with Crippen LogP contribution in [0.1, 0.15) is 20.3 Å². The molecule has 1 N–H and O–H groups in total. The Balaban J connectivity index is 2.08. The van der Waals surface area contributed by atoms with Crippen LogP contribution in [0.3, 0.4) is 0 Å². The number of hydrogen-bond donors (Lipinski definition) is 1. The first-order chi connectivity index (χ1) is 7.98. The van der Waals surface area contributed by atoms with Crippen LogP contribution in [-0.2, 0) is 14.2 Å². The van der Waals surface area contributed by atoms with Crippen molar-refractivity contribution in [1.29, 1.82) is 0 Å². The first kappa shape index (κ1) is 13.6. The zero-order valence-corrected chi connectivity index (χ0v) is 11.9. The molecule has 6 nitrogen and oxygen atoms in total. The fraction of sp³-hybridized carbons (Fsp3) is 1.00. The van der Waals surface area contributed by atoms with Crippen LogP contribution in [0.4, 0.5) is 0 Å². The van der Waals surface area contributed by atoms with E-state index in [-0.39, 0.29) is 0 Å². The van der Waals surface area contributed by atoms with E-state index in [1.807, 2.05) is 0 Å². The summed E-state index contributed by atoms with van der Waals surface area (Å²) in [6, 6.07) is -0.709. The number of nitroso groups, excluding NO2 is 1. The van der Waals surface area contributed by atoms with Gasteiger partial charge in [0.2, 0.25) is 0 Å². The molecule has 0 unspecified atom stereocenters. The molecule has 0 aromatic heterocycles. The van der Waals surface area contributed by atoms with Gasteiger partial charge in [0.15, 0.2) is 18.1 Å². The second-order valence-corrected chi connectivity index (χ2v) is 5.79. The minimum atomic E-state index is -0.766. The van der Waals surface area contributed by atoms with Crippen LogP contribution in [0.2, 0.25) is 0 Å². The van der Waals surface area contributed by atoms with Crippen molar-refractivity contribution in [2.75, 3.05) is 4.43 Å². The van der Waals surface area contributed by atoms with Gasteiger partial charge in [-0.3, -0.25) is 0 Å². The van der Waals surface area contributed by atoms with Gasteiger partial charge in [0.1, 0.15) is 12.2 Å². The Morgan fingerprint density at radius 1 is 1.47 bits per heavy atom. The summed E-state index contributed by atoms with van der Waals surface area (Å²) in [4.78, 5) is 10.9. The van der Waals surface area contributed by atoms with Gasteiger partial charge in [-0.05, 0) is 20.3 Å². The zero-order chi connectivity index (χ0) is 12.6. The Morgan fingerprint density at radius 3 is 2.76 bits per heavy atom. The number of ether oxygens (including phenoxy) is 3. The first-order valence-electron chi connectivity index (χ1n) is 5.56. The lowest BCUT2D eigenvalue weighted by Crippen LogP contribution is -2.39. The van der Waals surface area contributed by atoms with Gasteiger partial charge in [-0.25, -0.2) is 0 Å². The molecule has 0 radical (unpaired) electrons. The number of rotatable bonds is 4. The van der Waals surface area contributed by atoms with E-state index in [1.54, 1.807) is 13.8 Å². The second-order valence-electron chi connectivity index (χ2n) is 4.71. The lowest BCUT2D eigenvalue weighted by molar-refractivity contribution is -0.215. The van der Waals surface area contributed by atoms with Crippen LogP contribution >= 0.6 is 22.6 Å². The molecule has 0 amide bonds. The molecular formula is C10H16INO5. The van der Waals surface area contributed by atoms with Gasteiger partial charge in [0, 0.05) is 4.43 Å². The van der Waals surface area contributed by atoms with Crippen molar-refractivity contribution < 1.29 is 19.3 Å². The van der Waals surface area contributed by atoms with E-state index >= 15 is 0 Å². The number of aliphatic hydroxyl groups excluding tert-OH is 1. The maximum absolute atomic E-state index is 10.9. The summed E-state index contributed by atoms with van der Waals surface area (Å²) in [5.74, 6) is -0.766. The van der Waals surface area contributed by atoms with Crippen molar-refractivity contribution in [3.05, 3.63) is 4.91 Å². The number of halogens is 1. The molecule has 5 atom stereocenters. The molecule has 0 aromatic rings. The molecular weight excluding hydrogens is 341 g/mol. The molecule has 0 aromatic carbocycles. The van der Waals surface area contributed by atoms with Crippen molar-refractivity contribution in [3.63, 3.8) is 0 Å². The van der Waals surface area contributed by atoms with Crippen LogP contribution in [0, 0.1) is 4.91 Å². The fourth-order valence-corrected chi connectivity index (χ4v) is 2.87. The molecule has 2 rings (SSSR count). The maximum Gasteiger partial charge on any atom is 0.190 e. The van der Waals surface area contributed by atoms with Gasteiger partial charge < -0.3 is 19.3 Å². The Morgan fingerprint density at radius 2 is 2.18 bits per heavy atom. The summed E-state index contributed by atoms with van der Waals surface area (Å²) in [5, 5.41) is 12.9. The van der Waals surface area contributed by atoms with Gasteiger partial charge in [-0.2, -0.15) is 4.91 Å². The number of nitrogens with zero attached hydrogens (tertiary/aromatic N) is 1. The summed E-state index contributed by atoms with van der Waals surface area (Å²) in [5.41, 5.74) is 0. The lowest BCUT2D eigenvalue weighted by atomic mass is 10.0. The Labute approximate surface area is 113 Å². The summed E-state index contributed by atoms with van der Waals surface area (Å²) >= 11 is 2.16. The van der Waals surface area contributed by atoms with E-state index in [9.17, 15) is 10.0 Å². The topological polar surface area (TPSA) is 77.4 Å². The van der Waals surface area contributed by atoms with Crippen LogP contribution in [0.25, 0.3) is 0 Å². The van der Waals surface area contributed by atoms with Gasteiger partial charge in [0.05, 0.1) is 6.10 Å². The van der Waals surface area contributed by atoms with Crippen molar-refractivity contribution in [2.45, 2.75) is 56.7 Å². The molecule has 17 heavy (non-hydrogen) atoms. The monoisotopic (exact) mass is 357 g/mol. The molecule has 2 saturated heterocycles. The maximum atomic E-state index is 10.9. The number of hydrogen-bond acceptors (Lipinski definition) is 6. The molecule has 2 aliphatic heterocycles. The minimum Gasteiger partial charge on any atom is -0.390 e. The molecule has 2 aliphatic rings. The predicted octanol–water partition coefficient (Wildman–Crippen LogP) is 1.18. The third kappa shape index (κ3) is 2.62. The van der Waals surface area contributed by atoms with Gasteiger partial charge in [0.25, 0.3) is 0 Å². The third-order valence-corrected chi connectivity index (χ3v) is 3.58. The highest BCUT2D eigenvalue weighted by Gasteiger charge is 2.57. The summed E-state index contributed by atoms with van der Waals surface area (Å²) in [6.45, 7) is 3.51. The Hall–Kier alpha value is 0.170. The number of alkyl halides is 1. The van der Waals surface area contributed by atoms with E-state index in [1.165, 1.54) is 0 Å². The number of aliphatic hydroxyl groups is 1. The van der Waals surface area contributed by atoms with Crippen molar-refractivity contribution in [3.8, 4) is 0 Å². The summed E-state index contributed by atoms with van der Waals surface area (Å²) in [6.07, 6.45) is -1.91. The van der Waals surface area contributed by atoms with Crippen LogP contribution in [-0.4, -0.2) is 46.0 Å². The molecule has 2 heterocycles. The van der Waals surface area contributed by atoms with E-state index in [4.69, 9.17) is 14.2 Å². The van der Waals surface area contributed by atoms with E-state index in [0.29, 0.717) is 6.42 Å². The largest absolute Gasteiger partial charge is 0.390 e. The minimum absolute atomic E-state index is 0.517. The van der Waals surface area contributed by atoms with E-state index < -0.39 is 36.4 Å². The SMILES string of the molecule is CC1(C)O[C@H]2O[C@H]([C@H](O)CCI)[C@H](N=O)[C@H]2O1. The molecule has 0 bridgehead atoms. The molecule has 2 fully saturated rings. The Bertz CT molecular complexity index is 300. The quantitative estimate of drug-likeness (QED) is 0.465. The average Bonchev–Trinajstić information content (AvgIpc) is 2.69. The second kappa shape index (κ2) is 5.04. The molecule has 0 aliphatic carbocycles. The highest BCUT2D eigenvalue weighted by molar-refractivity contribution is 14.1. The van der Waals surface area contributed by atoms with Crippen molar-refractivity contribution >= 4 is 22.6 Å². The highest BCUT2D eigenvalue weighted by atomic mass is 127. The van der Waals surface area contributed by atoms with Gasteiger partial charge in [-0.15, -0.1) is 0 Å². The molecule has 0 spiro atoms. The standard InChI is InChI=1S/C10H16INO5/c1-10(2)16-8-6(12-14)7(5(13)3-4-11)15-9(8)17-10/h5-9,13H,3-4H2,1-2H3/t5-,6+,7-,8-,9-/m1/s1. The third-order valence-electron chi connectivity index (χ3n) is 2.96. The van der Waals surface area contributed by atoms with Gasteiger partial charge >= 0.3 is 0 Å². The smallest absolute Gasteiger partial charge is 0.190 e. The summed E-state index contributed by atoms with van der Waals surface area (Å²) < 4.78 is 17.4. The molecule has 7 heteroatoms. The van der Waals surface area contributed by atoms with E-state index in [0.717, 1.165) is 4.43 Å². The summed E-state index contributed by atoms with van der Waals surface area (Å²) in [7, 11) is 0. The van der Waals surface area contributed by atoms with Crippen LogP contribution < -0.4 is 0 Å². The van der Waals surface area contributed by atoms with Crippen LogP contribution in [0.5, 0.6) is 0 Å². The number of fused-ring (bicyclic) bond motifs is 1. The Kier molecular flexibility index (Phi) is 4.03. The normalized spacial score (nSPS) is 41.2. The zero-order valence-electron chi connectivity index (χ0n) is 9.71. The van der Waals surface area contributed by atoms with E-state index in [2.05, 4.69) is 27.8 Å². The average molecular weight is 357 g/mol. The fourth-order valence-electron chi connectivity index (χ4n) is 2.23. The predicted molar refractivity (Wildman–Crippen MR) is 67.8 cm³/mol. The van der Waals surface area contributed by atoms with Crippen molar-refractivity contribution in [1.82, 2.24) is 0 Å². The molecule has 98 valence electrons. The van der Waals surface area contributed by atoms with Gasteiger partial charge in [-0.1, -0.05) is 27.8 Å². The lowest BCUT2D eigenvalue weighted by Gasteiger charge is -2.24. The molecule has 0 saturated carbocycles. The van der Waals surface area contributed by atoms with Crippen LogP contribution in [0.15, 0.2) is 5.18 Å².